The summed E-state index contributed by atoms with van der Waals surface area (Å²) in [5.41, 5.74) is 0.453. The van der Waals surface area contributed by atoms with Crippen LogP contribution in [0.3, 0.4) is 0 Å². The highest BCUT2D eigenvalue weighted by atomic mass is 32.2. The molecule has 1 amide bonds. The smallest absolute Gasteiger partial charge is 0.382 e. The summed E-state index contributed by atoms with van der Waals surface area (Å²) in [4.78, 5) is 15.6. The second-order valence-corrected chi connectivity index (χ2v) is 6.70. The quantitative estimate of drug-likeness (QED) is 0.791. The fourth-order valence-electron chi connectivity index (χ4n) is 2.68. The number of carbonyl (C=O) groups is 1. The average molecular weight is 366 g/mol. The van der Waals surface area contributed by atoms with Gasteiger partial charge in [0.1, 0.15) is 0 Å². The van der Waals surface area contributed by atoms with Crippen LogP contribution in [0.2, 0.25) is 0 Å². The Hall–Kier alpha value is -2.15. The molecule has 0 atom stereocenters. The summed E-state index contributed by atoms with van der Waals surface area (Å²) in [6.45, 7) is 3.43. The number of hydrogen-bond acceptors (Lipinski definition) is 3. The van der Waals surface area contributed by atoms with Crippen LogP contribution in [0.25, 0.3) is 0 Å². The van der Waals surface area contributed by atoms with Gasteiger partial charge in [0.15, 0.2) is 0 Å². The van der Waals surface area contributed by atoms with Gasteiger partial charge in [0.2, 0.25) is 0 Å². The van der Waals surface area contributed by atoms with Crippen LogP contribution in [0.15, 0.2) is 52.3 Å². The molecular formula is C18H17F3N2OS. The molecule has 7 heteroatoms. The van der Waals surface area contributed by atoms with Crippen molar-refractivity contribution in [2.75, 3.05) is 25.0 Å². The largest absolute Gasteiger partial charge is 0.416 e. The molecule has 0 bridgehead atoms. The van der Waals surface area contributed by atoms with Crippen molar-refractivity contribution in [1.82, 2.24) is 4.90 Å². The van der Waals surface area contributed by atoms with Crippen LogP contribution in [-0.2, 0) is 6.18 Å². The molecular weight excluding hydrogens is 349 g/mol. The van der Waals surface area contributed by atoms with Crippen LogP contribution in [-0.4, -0.2) is 30.4 Å². The minimum Gasteiger partial charge on any atom is -0.382 e. The van der Waals surface area contributed by atoms with Crippen molar-refractivity contribution in [2.45, 2.75) is 22.9 Å². The maximum absolute atomic E-state index is 13.0. The highest BCUT2D eigenvalue weighted by molar-refractivity contribution is 7.99. The first-order valence-corrected chi connectivity index (χ1v) is 8.73. The molecule has 1 N–H and O–H groups in total. The van der Waals surface area contributed by atoms with Crippen LogP contribution in [0.5, 0.6) is 0 Å². The second kappa shape index (κ2) is 7.00. The van der Waals surface area contributed by atoms with Crippen molar-refractivity contribution in [1.29, 1.82) is 0 Å². The van der Waals surface area contributed by atoms with Gasteiger partial charge in [0.05, 0.1) is 11.1 Å². The van der Waals surface area contributed by atoms with E-state index in [0.717, 1.165) is 12.1 Å². The molecule has 1 aliphatic heterocycles. The Morgan fingerprint density at radius 1 is 1.16 bits per heavy atom. The standard InChI is InChI=1S/C18H17F3N2OS/c1-2-23-10-9-22-14-8-7-12(18(19,20)21)11-16(14)25-15-6-4-3-5-13(15)17(23)24/h3-8,11,22H,2,9-10H2,1H3. The molecule has 1 heterocycles. The predicted octanol–water partition coefficient (Wildman–Crippen LogP) is 4.74. The van der Waals surface area contributed by atoms with Gasteiger partial charge in [-0.05, 0) is 37.3 Å². The maximum Gasteiger partial charge on any atom is 0.416 e. The molecule has 0 fully saturated rings. The molecule has 0 aromatic heterocycles. The fraction of sp³-hybridized carbons (Fsp3) is 0.278. The zero-order valence-electron chi connectivity index (χ0n) is 13.6. The number of halogens is 3. The summed E-state index contributed by atoms with van der Waals surface area (Å²) in [5.74, 6) is -0.108. The average Bonchev–Trinajstić information content (AvgIpc) is 2.58. The van der Waals surface area contributed by atoms with E-state index in [0.29, 0.717) is 40.7 Å². The lowest BCUT2D eigenvalue weighted by molar-refractivity contribution is -0.137. The number of benzene rings is 2. The van der Waals surface area contributed by atoms with Crippen LogP contribution >= 0.6 is 11.8 Å². The van der Waals surface area contributed by atoms with Crippen LogP contribution < -0.4 is 5.32 Å². The van der Waals surface area contributed by atoms with Gasteiger partial charge in [0.25, 0.3) is 5.91 Å². The lowest BCUT2D eigenvalue weighted by atomic mass is 10.2. The van der Waals surface area contributed by atoms with Crippen molar-refractivity contribution < 1.29 is 18.0 Å². The van der Waals surface area contributed by atoms with E-state index >= 15 is 0 Å². The van der Waals surface area contributed by atoms with E-state index < -0.39 is 11.7 Å². The van der Waals surface area contributed by atoms with Gasteiger partial charge in [-0.2, -0.15) is 13.2 Å². The maximum atomic E-state index is 13.0. The Morgan fingerprint density at radius 2 is 1.92 bits per heavy atom. The zero-order chi connectivity index (χ0) is 18.0. The number of rotatable bonds is 1. The van der Waals surface area contributed by atoms with Crippen molar-refractivity contribution in [3.05, 3.63) is 53.6 Å². The van der Waals surface area contributed by atoms with Crippen molar-refractivity contribution in [2.24, 2.45) is 0 Å². The molecule has 0 aliphatic carbocycles. The van der Waals surface area contributed by atoms with Gasteiger partial charge in [0, 0.05) is 35.1 Å². The van der Waals surface area contributed by atoms with Gasteiger partial charge in [-0.25, -0.2) is 0 Å². The molecule has 0 radical (unpaired) electrons. The summed E-state index contributed by atoms with van der Waals surface area (Å²) >= 11 is 1.18. The first-order chi connectivity index (χ1) is 11.9. The summed E-state index contributed by atoms with van der Waals surface area (Å²) in [6, 6.07) is 10.7. The normalized spacial score (nSPS) is 15.2. The molecule has 2 aromatic rings. The van der Waals surface area contributed by atoms with Crippen molar-refractivity contribution in [3.63, 3.8) is 0 Å². The SMILES string of the molecule is CCN1CCNc2ccc(C(F)(F)F)cc2Sc2ccccc2C1=O. The van der Waals surface area contributed by atoms with E-state index in [1.54, 1.807) is 29.2 Å². The summed E-state index contributed by atoms with van der Waals surface area (Å²) in [5, 5.41) is 3.15. The molecule has 132 valence electrons. The number of carbonyl (C=O) groups excluding carboxylic acids is 1. The Labute approximate surface area is 148 Å². The molecule has 2 aromatic carbocycles. The topological polar surface area (TPSA) is 32.3 Å². The number of nitrogens with one attached hydrogen (secondary N) is 1. The zero-order valence-corrected chi connectivity index (χ0v) is 14.4. The lowest BCUT2D eigenvalue weighted by Crippen LogP contribution is -2.35. The van der Waals surface area contributed by atoms with E-state index in [1.807, 2.05) is 6.92 Å². The molecule has 0 spiro atoms. The minimum atomic E-state index is -4.40. The summed E-state index contributed by atoms with van der Waals surface area (Å²) in [7, 11) is 0. The van der Waals surface area contributed by atoms with Gasteiger partial charge >= 0.3 is 6.18 Å². The number of fused-ring (bicyclic) bond motifs is 2. The van der Waals surface area contributed by atoms with E-state index in [1.165, 1.54) is 17.8 Å². The third kappa shape index (κ3) is 3.76. The third-order valence-electron chi connectivity index (χ3n) is 4.01. The lowest BCUT2D eigenvalue weighted by Gasteiger charge is -2.25. The molecule has 3 nitrogen and oxygen atoms in total. The van der Waals surface area contributed by atoms with Crippen molar-refractivity contribution >= 4 is 23.4 Å². The van der Waals surface area contributed by atoms with Gasteiger partial charge in [-0.15, -0.1) is 0 Å². The van der Waals surface area contributed by atoms with Gasteiger partial charge in [-0.3, -0.25) is 4.79 Å². The molecule has 0 saturated heterocycles. The second-order valence-electron chi connectivity index (χ2n) is 5.62. The van der Waals surface area contributed by atoms with Crippen LogP contribution in [0.4, 0.5) is 18.9 Å². The number of anilines is 1. The molecule has 25 heavy (non-hydrogen) atoms. The molecule has 0 unspecified atom stereocenters. The Morgan fingerprint density at radius 3 is 2.64 bits per heavy atom. The van der Waals surface area contributed by atoms with E-state index in [4.69, 9.17) is 0 Å². The monoisotopic (exact) mass is 366 g/mol. The highest BCUT2D eigenvalue weighted by Gasteiger charge is 2.31. The van der Waals surface area contributed by atoms with E-state index in [9.17, 15) is 18.0 Å². The van der Waals surface area contributed by atoms with Gasteiger partial charge in [-0.1, -0.05) is 23.9 Å². The van der Waals surface area contributed by atoms with Gasteiger partial charge < -0.3 is 10.2 Å². The number of alkyl halides is 3. The first-order valence-electron chi connectivity index (χ1n) is 7.91. The third-order valence-corrected chi connectivity index (χ3v) is 5.15. The molecule has 3 rings (SSSR count). The summed E-state index contributed by atoms with van der Waals surface area (Å²) in [6.07, 6.45) is -4.40. The Bertz CT molecular complexity index is 792. The van der Waals surface area contributed by atoms with E-state index in [2.05, 4.69) is 5.32 Å². The summed E-state index contributed by atoms with van der Waals surface area (Å²) < 4.78 is 39.1. The Balaban J connectivity index is 2.08. The van der Waals surface area contributed by atoms with Crippen LogP contribution in [0.1, 0.15) is 22.8 Å². The fourth-order valence-corrected chi connectivity index (χ4v) is 3.76. The number of nitrogens with zero attached hydrogens (tertiary/aromatic N) is 1. The van der Waals surface area contributed by atoms with Crippen molar-refractivity contribution in [3.8, 4) is 0 Å². The minimum absolute atomic E-state index is 0.108. The first kappa shape index (κ1) is 17.7. The molecule has 1 aliphatic rings. The molecule has 0 saturated carbocycles. The number of hydrogen-bond donors (Lipinski definition) is 1. The van der Waals surface area contributed by atoms with Crippen LogP contribution in [0, 0.1) is 0 Å². The number of amides is 1. The highest BCUT2D eigenvalue weighted by Crippen LogP contribution is 2.40. The van der Waals surface area contributed by atoms with E-state index in [-0.39, 0.29) is 5.91 Å². The predicted molar refractivity (Wildman–Crippen MR) is 92.1 cm³/mol. The number of likely N-dealkylation sites (N-methyl/N-ethyl adjacent to an activating group) is 1. The Kier molecular flexibility index (Phi) is 4.94.